The molecular weight excluding hydrogens is 416 g/mol. The molecule has 0 N–H and O–H groups in total. The van der Waals surface area contributed by atoms with Crippen LogP contribution in [0.4, 0.5) is 0 Å². The number of nitrogens with zero attached hydrogens (tertiary/aromatic N) is 2. The maximum absolute atomic E-state index is 13.0. The molecular formula is C27H32N2O4. The van der Waals surface area contributed by atoms with Gasteiger partial charge in [0.25, 0.3) is 5.91 Å². The minimum atomic E-state index is -0.234. The van der Waals surface area contributed by atoms with Crippen molar-refractivity contribution in [2.75, 3.05) is 32.7 Å². The van der Waals surface area contributed by atoms with Crippen LogP contribution in [-0.2, 0) is 16.1 Å². The summed E-state index contributed by atoms with van der Waals surface area (Å²) >= 11 is 0. The summed E-state index contributed by atoms with van der Waals surface area (Å²) in [7, 11) is 0. The number of allylic oxidation sites excluding steroid dienone is 1. The zero-order chi connectivity index (χ0) is 22.9. The Morgan fingerprint density at radius 2 is 1.73 bits per heavy atom. The monoisotopic (exact) mass is 448 g/mol. The van der Waals surface area contributed by atoms with E-state index in [1.54, 1.807) is 0 Å². The van der Waals surface area contributed by atoms with E-state index in [0.29, 0.717) is 25.2 Å². The fourth-order valence-corrected chi connectivity index (χ4v) is 4.21. The zero-order valence-corrected chi connectivity index (χ0v) is 19.0. The highest BCUT2D eigenvalue weighted by molar-refractivity contribution is 5.94. The largest absolute Gasteiger partial charge is 0.486 e. The second-order valence-corrected chi connectivity index (χ2v) is 8.61. The maximum atomic E-state index is 13.0. The standard InChI is InChI=1S/C27H32N2O4/c30-26(32-21-22-8-3-1-4-9-22)20-28-16-7-17-29(19-18-28)27(31)23-12-14-25(15-13-23)33-24-10-5-2-6-11-24/h1,3-5,8-10,12-15,24H,2,6-7,11,16-21H2. The third-order valence-electron chi connectivity index (χ3n) is 6.07. The van der Waals surface area contributed by atoms with Crippen LogP contribution in [0.5, 0.6) is 5.75 Å². The molecule has 0 aromatic heterocycles. The second-order valence-electron chi connectivity index (χ2n) is 8.61. The SMILES string of the molecule is O=C(CN1CCCN(C(=O)c2ccc(OC3C=CCCC3)cc2)CC1)OCc1ccccc1. The Hall–Kier alpha value is -3.12. The molecule has 0 bridgehead atoms. The first-order valence-electron chi connectivity index (χ1n) is 11.8. The summed E-state index contributed by atoms with van der Waals surface area (Å²) in [5, 5.41) is 0. The van der Waals surface area contributed by atoms with Crippen molar-refractivity contribution >= 4 is 11.9 Å². The van der Waals surface area contributed by atoms with E-state index in [-0.39, 0.29) is 31.1 Å². The van der Waals surface area contributed by atoms with Crippen molar-refractivity contribution in [3.05, 3.63) is 77.9 Å². The molecule has 6 heteroatoms. The van der Waals surface area contributed by atoms with Gasteiger partial charge < -0.3 is 14.4 Å². The zero-order valence-electron chi connectivity index (χ0n) is 19.0. The van der Waals surface area contributed by atoms with Gasteiger partial charge in [0.15, 0.2) is 0 Å². The van der Waals surface area contributed by atoms with Crippen LogP contribution in [-0.4, -0.2) is 60.5 Å². The number of carbonyl (C=O) groups is 2. The Bertz CT molecular complexity index is 942. The molecule has 1 unspecified atom stereocenters. The molecule has 1 atom stereocenters. The van der Waals surface area contributed by atoms with Crippen LogP contribution in [0.3, 0.4) is 0 Å². The topological polar surface area (TPSA) is 59.1 Å². The second kappa shape index (κ2) is 11.7. The molecule has 174 valence electrons. The molecule has 0 saturated carbocycles. The lowest BCUT2D eigenvalue weighted by Crippen LogP contribution is -2.37. The molecule has 1 aliphatic heterocycles. The van der Waals surface area contributed by atoms with Gasteiger partial charge in [-0.25, -0.2) is 0 Å². The van der Waals surface area contributed by atoms with Crippen molar-refractivity contribution < 1.29 is 19.1 Å². The molecule has 0 spiro atoms. The Kier molecular flexibility index (Phi) is 8.14. The number of amides is 1. The Morgan fingerprint density at radius 1 is 0.909 bits per heavy atom. The lowest BCUT2D eigenvalue weighted by molar-refractivity contribution is -0.146. The van der Waals surface area contributed by atoms with Crippen LogP contribution < -0.4 is 4.74 Å². The van der Waals surface area contributed by atoms with Gasteiger partial charge in [-0.05, 0) is 61.6 Å². The van der Waals surface area contributed by atoms with Gasteiger partial charge in [-0.3, -0.25) is 14.5 Å². The highest BCUT2D eigenvalue weighted by atomic mass is 16.5. The average molecular weight is 449 g/mol. The Balaban J connectivity index is 1.23. The summed E-state index contributed by atoms with van der Waals surface area (Å²) in [6.45, 7) is 3.23. The van der Waals surface area contributed by atoms with Crippen molar-refractivity contribution in [3.63, 3.8) is 0 Å². The summed E-state index contributed by atoms with van der Waals surface area (Å²) in [5.41, 5.74) is 1.64. The van der Waals surface area contributed by atoms with Gasteiger partial charge in [0, 0.05) is 31.7 Å². The van der Waals surface area contributed by atoms with E-state index in [4.69, 9.17) is 9.47 Å². The molecule has 4 rings (SSSR count). The summed E-state index contributed by atoms with van der Waals surface area (Å²) < 4.78 is 11.4. The molecule has 2 aromatic carbocycles. The van der Waals surface area contributed by atoms with Crippen molar-refractivity contribution in [1.82, 2.24) is 9.80 Å². The molecule has 2 aromatic rings. The van der Waals surface area contributed by atoms with Crippen molar-refractivity contribution in [1.29, 1.82) is 0 Å². The molecule has 1 saturated heterocycles. The molecule has 2 aliphatic rings. The minimum Gasteiger partial charge on any atom is -0.486 e. The van der Waals surface area contributed by atoms with E-state index < -0.39 is 0 Å². The van der Waals surface area contributed by atoms with Crippen molar-refractivity contribution in [3.8, 4) is 5.75 Å². The fraction of sp³-hybridized carbons (Fsp3) is 0.407. The minimum absolute atomic E-state index is 0.0209. The van der Waals surface area contributed by atoms with E-state index >= 15 is 0 Å². The number of ether oxygens (including phenoxy) is 2. The van der Waals surface area contributed by atoms with E-state index in [0.717, 1.165) is 43.5 Å². The number of hydrogen-bond acceptors (Lipinski definition) is 5. The quantitative estimate of drug-likeness (QED) is 0.472. The normalized spacial score (nSPS) is 19.0. The van der Waals surface area contributed by atoms with Crippen LogP contribution in [0.1, 0.15) is 41.6 Å². The number of rotatable bonds is 7. The average Bonchev–Trinajstić information content (AvgIpc) is 3.10. The summed E-state index contributed by atoms with van der Waals surface area (Å²) in [6.07, 6.45) is 8.52. The van der Waals surface area contributed by atoms with Crippen molar-refractivity contribution in [2.45, 2.75) is 38.4 Å². The van der Waals surface area contributed by atoms with Crippen LogP contribution in [0.15, 0.2) is 66.7 Å². The van der Waals surface area contributed by atoms with Gasteiger partial charge in [0.05, 0.1) is 6.54 Å². The third kappa shape index (κ3) is 6.93. The van der Waals surface area contributed by atoms with Crippen LogP contribution in [0, 0.1) is 0 Å². The third-order valence-corrected chi connectivity index (χ3v) is 6.07. The predicted octanol–water partition coefficient (Wildman–Crippen LogP) is 4.07. The first-order chi connectivity index (χ1) is 16.2. The molecule has 0 radical (unpaired) electrons. The maximum Gasteiger partial charge on any atom is 0.320 e. The highest BCUT2D eigenvalue weighted by Gasteiger charge is 2.22. The molecule has 1 heterocycles. The fourth-order valence-electron chi connectivity index (χ4n) is 4.21. The Morgan fingerprint density at radius 3 is 2.48 bits per heavy atom. The van der Waals surface area contributed by atoms with Gasteiger partial charge in [0.1, 0.15) is 18.5 Å². The van der Waals surface area contributed by atoms with Crippen LogP contribution in [0.25, 0.3) is 0 Å². The molecule has 1 aliphatic carbocycles. The number of benzene rings is 2. The lowest BCUT2D eigenvalue weighted by Gasteiger charge is -2.22. The van der Waals surface area contributed by atoms with E-state index in [1.165, 1.54) is 0 Å². The van der Waals surface area contributed by atoms with Gasteiger partial charge in [-0.1, -0.05) is 36.4 Å². The molecule has 1 fully saturated rings. The van der Waals surface area contributed by atoms with Crippen LogP contribution in [0.2, 0.25) is 0 Å². The van der Waals surface area contributed by atoms with Crippen LogP contribution >= 0.6 is 0 Å². The van der Waals surface area contributed by atoms with Gasteiger partial charge in [-0.15, -0.1) is 0 Å². The van der Waals surface area contributed by atoms with Crippen molar-refractivity contribution in [2.24, 2.45) is 0 Å². The van der Waals surface area contributed by atoms with E-state index in [1.807, 2.05) is 59.5 Å². The van der Waals surface area contributed by atoms with E-state index in [9.17, 15) is 9.59 Å². The lowest BCUT2D eigenvalue weighted by atomic mass is 10.1. The summed E-state index contributed by atoms with van der Waals surface area (Å²) in [6, 6.07) is 17.1. The van der Waals surface area contributed by atoms with Gasteiger partial charge in [-0.2, -0.15) is 0 Å². The number of hydrogen-bond donors (Lipinski definition) is 0. The molecule has 1 amide bonds. The first-order valence-corrected chi connectivity index (χ1v) is 11.8. The molecule has 33 heavy (non-hydrogen) atoms. The number of carbonyl (C=O) groups excluding carboxylic acids is 2. The highest BCUT2D eigenvalue weighted by Crippen LogP contribution is 2.20. The van der Waals surface area contributed by atoms with Gasteiger partial charge in [0.2, 0.25) is 0 Å². The van der Waals surface area contributed by atoms with E-state index in [2.05, 4.69) is 17.1 Å². The predicted molar refractivity (Wildman–Crippen MR) is 127 cm³/mol. The molecule has 6 nitrogen and oxygen atoms in total. The first kappa shape index (κ1) is 23.1. The smallest absolute Gasteiger partial charge is 0.320 e. The summed E-state index contributed by atoms with van der Waals surface area (Å²) in [5.74, 6) is 0.578. The number of esters is 1. The summed E-state index contributed by atoms with van der Waals surface area (Å²) in [4.78, 5) is 29.2. The Labute approximate surface area is 195 Å². The van der Waals surface area contributed by atoms with Gasteiger partial charge >= 0.3 is 5.97 Å².